The van der Waals surface area contributed by atoms with Gasteiger partial charge in [-0.2, -0.15) is 0 Å². The summed E-state index contributed by atoms with van der Waals surface area (Å²) < 4.78 is 0. The Morgan fingerprint density at radius 3 is 2.68 bits per heavy atom. The Balaban J connectivity index is 1.62. The minimum atomic E-state index is -0.489. The Morgan fingerprint density at radius 1 is 1.21 bits per heavy atom. The summed E-state index contributed by atoms with van der Waals surface area (Å²) in [6, 6.07) is 6.51. The van der Waals surface area contributed by atoms with Crippen LogP contribution in [0.4, 0.5) is 0 Å². The van der Waals surface area contributed by atoms with Crippen LogP contribution in [0.2, 0.25) is 0 Å². The van der Waals surface area contributed by atoms with Crippen LogP contribution >= 0.6 is 0 Å². The molecule has 0 aromatic heterocycles. The summed E-state index contributed by atoms with van der Waals surface area (Å²) in [6.45, 7) is 0.552. The predicted molar refractivity (Wildman–Crippen MR) is 73.7 cm³/mol. The van der Waals surface area contributed by atoms with Crippen molar-refractivity contribution in [2.24, 2.45) is 5.41 Å². The highest BCUT2D eigenvalue weighted by Gasteiger charge is 2.43. The number of carbonyl (C=O) groups excluding carboxylic acids is 1. The topological polar surface area (TPSA) is 49.3 Å². The highest BCUT2D eigenvalue weighted by molar-refractivity contribution is 5.83. The van der Waals surface area contributed by atoms with Crippen molar-refractivity contribution in [3.63, 3.8) is 0 Å². The van der Waals surface area contributed by atoms with E-state index in [0.29, 0.717) is 6.54 Å². The molecule has 2 aliphatic rings. The maximum atomic E-state index is 12.1. The van der Waals surface area contributed by atoms with Gasteiger partial charge in [-0.25, -0.2) is 0 Å². The van der Waals surface area contributed by atoms with Crippen molar-refractivity contribution in [1.82, 2.24) is 5.32 Å². The van der Waals surface area contributed by atoms with E-state index in [1.807, 2.05) is 0 Å². The molecule has 3 heteroatoms. The molecule has 0 aliphatic heterocycles. The van der Waals surface area contributed by atoms with Crippen molar-refractivity contribution in [3.8, 4) is 0 Å². The first-order valence-corrected chi connectivity index (χ1v) is 7.23. The lowest BCUT2D eigenvalue weighted by Crippen LogP contribution is -2.47. The third-order valence-corrected chi connectivity index (χ3v) is 4.71. The van der Waals surface area contributed by atoms with E-state index in [9.17, 15) is 9.90 Å². The molecule has 102 valence electrons. The molecule has 2 aliphatic carbocycles. The number of aliphatic hydroxyl groups excluding tert-OH is 1. The zero-order valence-corrected chi connectivity index (χ0v) is 11.2. The highest BCUT2D eigenvalue weighted by atomic mass is 16.3. The molecule has 0 atom stereocenters. The number of aliphatic hydroxyl groups is 1. The molecule has 19 heavy (non-hydrogen) atoms. The molecule has 0 saturated heterocycles. The molecule has 0 unspecified atom stereocenters. The number of nitrogens with one attached hydrogen (secondary N) is 1. The molecule has 0 heterocycles. The molecule has 3 nitrogen and oxygen atoms in total. The second kappa shape index (κ2) is 4.97. The lowest BCUT2D eigenvalue weighted by atomic mass is 9.68. The summed E-state index contributed by atoms with van der Waals surface area (Å²) >= 11 is 0. The standard InChI is InChI=1S/C16H21NO2/c18-11-16(7-2-8-16)15(19)17-10-12-5-6-13-3-1-4-14(13)9-12/h5-6,9,18H,1-4,7-8,10-11H2,(H,17,19). The van der Waals surface area contributed by atoms with Crippen LogP contribution in [-0.4, -0.2) is 17.6 Å². The summed E-state index contributed by atoms with van der Waals surface area (Å²) in [7, 11) is 0. The van der Waals surface area contributed by atoms with Gasteiger partial charge in [0.2, 0.25) is 5.91 Å². The third-order valence-electron chi connectivity index (χ3n) is 4.71. The van der Waals surface area contributed by atoms with Crippen molar-refractivity contribution in [1.29, 1.82) is 0 Å². The largest absolute Gasteiger partial charge is 0.395 e. The number of rotatable bonds is 4. The fourth-order valence-electron chi connectivity index (χ4n) is 3.17. The van der Waals surface area contributed by atoms with Crippen molar-refractivity contribution >= 4 is 5.91 Å². The van der Waals surface area contributed by atoms with Crippen LogP contribution in [0.5, 0.6) is 0 Å². The lowest BCUT2D eigenvalue weighted by molar-refractivity contribution is -0.139. The first-order chi connectivity index (χ1) is 9.23. The number of aryl methyl sites for hydroxylation is 2. The molecular formula is C16H21NO2. The summed E-state index contributed by atoms with van der Waals surface area (Å²) in [6.07, 6.45) is 6.29. The van der Waals surface area contributed by atoms with Crippen molar-refractivity contribution < 1.29 is 9.90 Å². The average Bonchev–Trinajstić information content (AvgIpc) is 2.83. The van der Waals surface area contributed by atoms with E-state index in [4.69, 9.17) is 0 Å². The van der Waals surface area contributed by atoms with Crippen LogP contribution in [0.1, 0.15) is 42.4 Å². The van der Waals surface area contributed by atoms with Gasteiger partial charge in [-0.3, -0.25) is 4.79 Å². The zero-order valence-electron chi connectivity index (χ0n) is 11.2. The number of hydrogen-bond donors (Lipinski definition) is 2. The Kier molecular flexibility index (Phi) is 3.31. The van der Waals surface area contributed by atoms with Gasteiger partial charge < -0.3 is 10.4 Å². The molecule has 1 aromatic carbocycles. The molecular weight excluding hydrogens is 238 g/mol. The SMILES string of the molecule is O=C(NCc1ccc2c(c1)CCC2)C1(CO)CCC1. The highest BCUT2D eigenvalue weighted by Crippen LogP contribution is 2.40. The number of amides is 1. The van der Waals surface area contributed by atoms with Crippen molar-refractivity contribution in [2.75, 3.05) is 6.61 Å². The minimum Gasteiger partial charge on any atom is -0.395 e. The van der Waals surface area contributed by atoms with Crippen LogP contribution in [0, 0.1) is 5.41 Å². The number of carbonyl (C=O) groups is 1. The van der Waals surface area contributed by atoms with Gasteiger partial charge in [-0.05, 0) is 48.8 Å². The molecule has 0 spiro atoms. The van der Waals surface area contributed by atoms with Gasteiger partial charge in [0, 0.05) is 6.54 Å². The molecule has 0 radical (unpaired) electrons. The molecule has 3 rings (SSSR count). The Morgan fingerprint density at radius 2 is 2.00 bits per heavy atom. The quantitative estimate of drug-likeness (QED) is 0.868. The second-order valence-electron chi connectivity index (χ2n) is 5.93. The number of hydrogen-bond acceptors (Lipinski definition) is 2. The van der Waals surface area contributed by atoms with E-state index < -0.39 is 5.41 Å². The van der Waals surface area contributed by atoms with E-state index in [0.717, 1.165) is 25.7 Å². The van der Waals surface area contributed by atoms with E-state index in [1.54, 1.807) is 0 Å². The number of fused-ring (bicyclic) bond motifs is 1. The average molecular weight is 259 g/mol. The summed E-state index contributed by atoms with van der Waals surface area (Å²) in [4.78, 5) is 12.1. The van der Waals surface area contributed by atoms with Gasteiger partial charge in [0.1, 0.15) is 0 Å². The summed E-state index contributed by atoms with van der Waals surface area (Å²) in [5.74, 6) is 0.0155. The van der Waals surface area contributed by atoms with Gasteiger partial charge >= 0.3 is 0 Å². The van der Waals surface area contributed by atoms with Gasteiger partial charge in [0.05, 0.1) is 12.0 Å². The molecule has 1 amide bonds. The van der Waals surface area contributed by atoms with Crippen LogP contribution in [0.15, 0.2) is 18.2 Å². The second-order valence-corrected chi connectivity index (χ2v) is 5.93. The lowest BCUT2D eigenvalue weighted by Gasteiger charge is -2.38. The van der Waals surface area contributed by atoms with Gasteiger partial charge in [0.25, 0.3) is 0 Å². The Bertz CT molecular complexity index is 486. The summed E-state index contributed by atoms with van der Waals surface area (Å²) in [5.41, 5.74) is 3.58. The van der Waals surface area contributed by atoms with Gasteiger partial charge in [-0.15, -0.1) is 0 Å². The Labute approximate surface area is 114 Å². The van der Waals surface area contributed by atoms with E-state index in [1.165, 1.54) is 29.5 Å². The minimum absolute atomic E-state index is 0.0155. The molecule has 2 N–H and O–H groups in total. The maximum absolute atomic E-state index is 12.1. The third kappa shape index (κ3) is 2.27. The smallest absolute Gasteiger partial charge is 0.228 e. The van der Waals surface area contributed by atoms with Crippen LogP contribution in [-0.2, 0) is 24.2 Å². The van der Waals surface area contributed by atoms with E-state index in [-0.39, 0.29) is 12.5 Å². The normalized spacial score (nSPS) is 19.6. The fraction of sp³-hybridized carbons (Fsp3) is 0.562. The summed E-state index contributed by atoms with van der Waals surface area (Å²) in [5, 5.41) is 12.4. The monoisotopic (exact) mass is 259 g/mol. The fourth-order valence-corrected chi connectivity index (χ4v) is 3.17. The maximum Gasteiger partial charge on any atom is 0.228 e. The van der Waals surface area contributed by atoms with E-state index in [2.05, 4.69) is 23.5 Å². The molecule has 1 aromatic rings. The number of benzene rings is 1. The predicted octanol–water partition coefficient (Wildman–Crippen LogP) is 1.95. The van der Waals surface area contributed by atoms with Gasteiger partial charge in [0.15, 0.2) is 0 Å². The molecule has 1 saturated carbocycles. The zero-order chi connectivity index (χ0) is 13.3. The van der Waals surface area contributed by atoms with Gasteiger partial charge in [-0.1, -0.05) is 24.6 Å². The Hall–Kier alpha value is -1.35. The van der Waals surface area contributed by atoms with Crippen molar-refractivity contribution in [3.05, 3.63) is 34.9 Å². The molecule has 0 bridgehead atoms. The van der Waals surface area contributed by atoms with Crippen molar-refractivity contribution in [2.45, 2.75) is 45.1 Å². The van der Waals surface area contributed by atoms with Crippen LogP contribution in [0.25, 0.3) is 0 Å². The van der Waals surface area contributed by atoms with Crippen LogP contribution in [0.3, 0.4) is 0 Å². The first-order valence-electron chi connectivity index (χ1n) is 7.23. The molecule has 1 fully saturated rings. The van der Waals surface area contributed by atoms with Crippen LogP contribution < -0.4 is 5.32 Å². The van der Waals surface area contributed by atoms with E-state index >= 15 is 0 Å². The first kappa shape index (κ1) is 12.7.